The Kier molecular flexibility index (Phi) is 3.68. The number of para-hydroxylation sites is 1. The fourth-order valence-electron chi connectivity index (χ4n) is 2.60. The molecule has 17 heavy (non-hydrogen) atoms. The molecule has 0 amide bonds. The molecule has 1 aromatic carbocycles. The van der Waals surface area contributed by atoms with Gasteiger partial charge in [0.1, 0.15) is 0 Å². The van der Waals surface area contributed by atoms with Crippen LogP contribution in [0.4, 0.5) is 5.69 Å². The predicted octanol–water partition coefficient (Wildman–Crippen LogP) is 3.96. The van der Waals surface area contributed by atoms with E-state index in [2.05, 4.69) is 42.6 Å². The zero-order valence-electron chi connectivity index (χ0n) is 10.4. The van der Waals surface area contributed by atoms with E-state index < -0.39 is 0 Å². The second-order valence-corrected chi connectivity index (χ2v) is 5.43. The molecule has 1 aliphatic rings. The summed E-state index contributed by atoms with van der Waals surface area (Å²) in [5, 5.41) is 12.4. The molecule has 0 unspecified atom stereocenters. The maximum atomic E-state index is 8.82. The summed E-state index contributed by atoms with van der Waals surface area (Å²) in [6, 6.07) is 13.3. The molecular weight excluding hydrogens is 208 g/mol. The van der Waals surface area contributed by atoms with Crippen LogP contribution in [0.1, 0.15) is 39.0 Å². The fraction of sp³-hybridized carbons (Fsp3) is 0.533. The SMILES string of the molecule is CC1(CC#N)CCC(Nc2ccccc2)CC1. The van der Waals surface area contributed by atoms with Crippen molar-refractivity contribution in [1.29, 1.82) is 5.26 Å². The minimum atomic E-state index is 0.254. The van der Waals surface area contributed by atoms with Crippen LogP contribution < -0.4 is 5.32 Å². The van der Waals surface area contributed by atoms with Crippen LogP contribution in [-0.2, 0) is 0 Å². The van der Waals surface area contributed by atoms with E-state index >= 15 is 0 Å². The Bertz CT molecular complexity index is 383. The number of hydrogen-bond donors (Lipinski definition) is 1. The summed E-state index contributed by atoms with van der Waals surface area (Å²) in [5.41, 5.74) is 1.46. The van der Waals surface area contributed by atoms with E-state index in [9.17, 15) is 0 Å². The summed E-state index contributed by atoms with van der Waals surface area (Å²) in [7, 11) is 0. The Morgan fingerprint density at radius 2 is 1.94 bits per heavy atom. The third-order valence-corrected chi connectivity index (χ3v) is 3.84. The van der Waals surface area contributed by atoms with Gasteiger partial charge in [-0.1, -0.05) is 25.1 Å². The number of benzene rings is 1. The van der Waals surface area contributed by atoms with Crippen LogP contribution in [0.5, 0.6) is 0 Å². The first-order valence-corrected chi connectivity index (χ1v) is 6.40. The van der Waals surface area contributed by atoms with Gasteiger partial charge in [0.05, 0.1) is 6.07 Å². The quantitative estimate of drug-likeness (QED) is 0.850. The average molecular weight is 228 g/mol. The predicted molar refractivity (Wildman–Crippen MR) is 70.7 cm³/mol. The van der Waals surface area contributed by atoms with Crippen molar-refractivity contribution in [3.05, 3.63) is 30.3 Å². The minimum Gasteiger partial charge on any atom is -0.382 e. The van der Waals surface area contributed by atoms with E-state index in [1.807, 2.05) is 6.07 Å². The van der Waals surface area contributed by atoms with Crippen molar-refractivity contribution in [2.24, 2.45) is 5.41 Å². The summed E-state index contributed by atoms with van der Waals surface area (Å²) in [4.78, 5) is 0. The highest BCUT2D eigenvalue weighted by molar-refractivity contribution is 5.43. The van der Waals surface area contributed by atoms with Crippen molar-refractivity contribution in [3.8, 4) is 6.07 Å². The van der Waals surface area contributed by atoms with E-state index in [4.69, 9.17) is 5.26 Å². The highest BCUT2D eigenvalue weighted by Crippen LogP contribution is 2.39. The third kappa shape index (κ3) is 3.23. The molecule has 0 aliphatic heterocycles. The molecule has 1 fully saturated rings. The van der Waals surface area contributed by atoms with E-state index in [0.29, 0.717) is 12.5 Å². The molecule has 1 aliphatic carbocycles. The summed E-state index contributed by atoms with van der Waals surface area (Å²) in [6.45, 7) is 2.24. The minimum absolute atomic E-state index is 0.254. The maximum Gasteiger partial charge on any atom is 0.0627 e. The lowest BCUT2D eigenvalue weighted by atomic mass is 9.72. The van der Waals surface area contributed by atoms with Crippen molar-refractivity contribution >= 4 is 5.69 Å². The van der Waals surface area contributed by atoms with Gasteiger partial charge in [0, 0.05) is 18.2 Å². The lowest BCUT2D eigenvalue weighted by molar-refractivity contribution is 0.211. The first-order chi connectivity index (χ1) is 8.22. The first kappa shape index (κ1) is 12.0. The van der Waals surface area contributed by atoms with Gasteiger partial charge in [0.15, 0.2) is 0 Å². The number of nitriles is 1. The fourth-order valence-corrected chi connectivity index (χ4v) is 2.60. The molecular formula is C15H20N2. The number of nitrogens with zero attached hydrogens (tertiary/aromatic N) is 1. The zero-order valence-corrected chi connectivity index (χ0v) is 10.4. The third-order valence-electron chi connectivity index (χ3n) is 3.84. The molecule has 0 atom stereocenters. The van der Waals surface area contributed by atoms with Crippen LogP contribution in [0.15, 0.2) is 30.3 Å². The molecule has 0 heterocycles. The van der Waals surface area contributed by atoms with E-state index in [1.54, 1.807) is 0 Å². The normalized spacial score (nSPS) is 28.4. The molecule has 2 nitrogen and oxygen atoms in total. The lowest BCUT2D eigenvalue weighted by Crippen LogP contribution is -2.31. The summed E-state index contributed by atoms with van der Waals surface area (Å²) >= 11 is 0. The van der Waals surface area contributed by atoms with Crippen molar-refractivity contribution in [2.75, 3.05) is 5.32 Å². The number of hydrogen-bond acceptors (Lipinski definition) is 2. The summed E-state index contributed by atoms with van der Waals surface area (Å²) < 4.78 is 0. The van der Waals surface area contributed by atoms with Gasteiger partial charge >= 0.3 is 0 Å². The van der Waals surface area contributed by atoms with Gasteiger partial charge in [-0.05, 0) is 43.2 Å². The topological polar surface area (TPSA) is 35.8 Å². The van der Waals surface area contributed by atoms with Crippen molar-refractivity contribution in [2.45, 2.75) is 45.1 Å². The van der Waals surface area contributed by atoms with Gasteiger partial charge in [0.2, 0.25) is 0 Å². The molecule has 1 N–H and O–H groups in total. The second kappa shape index (κ2) is 5.23. The van der Waals surface area contributed by atoms with Crippen LogP contribution in [0.25, 0.3) is 0 Å². The highest BCUT2D eigenvalue weighted by atomic mass is 14.9. The largest absolute Gasteiger partial charge is 0.382 e. The zero-order chi connectivity index (χ0) is 12.1. The summed E-state index contributed by atoms with van der Waals surface area (Å²) in [6.07, 6.45) is 5.36. The number of anilines is 1. The van der Waals surface area contributed by atoms with Crippen LogP contribution in [0, 0.1) is 16.7 Å². The molecule has 2 heteroatoms. The van der Waals surface area contributed by atoms with Gasteiger partial charge < -0.3 is 5.32 Å². The van der Waals surface area contributed by atoms with E-state index in [0.717, 1.165) is 12.8 Å². The smallest absolute Gasteiger partial charge is 0.0627 e. The summed E-state index contributed by atoms with van der Waals surface area (Å²) in [5.74, 6) is 0. The Balaban J connectivity index is 1.86. The molecule has 0 bridgehead atoms. The standard InChI is InChI=1S/C15H20N2/c1-15(11-12-16)9-7-14(8-10-15)17-13-5-3-2-4-6-13/h2-6,14,17H,7-11H2,1H3. The van der Waals surface area contributed by atoms with Gasteiger partial charge in [-0.3, -0.25) is 0 Å². The van der Waals surface area contributed by atoms with Gasteiger partial charge in [-0.15, -0.1) is 0 Å². The van der Waals surface area contributed by atoms with Crippen molar-refractivity contribution < 1.29 is 0 Å². The molecule has 0 aromatic heterocycles. The molecule has 2 rings (SSSR count). The molecule has 1 saturated carbocycles. The Hall–Kier alpha value is -1.49. The Morgan fingerprint density at radius 3 is 2.53 bits per heavy atom. The number of rotatable bonds is 3. The van der Waals surface area contributed by atoms with E-state index in [-0.39, 0.29) is 5.41 Å². The monoisotopic (exact) mass is 228 g/mol. The van der Waals surface area contributed by atoms with Crippen LogP contribution in [-0.4, -0.2) is 6.04 Å². The Morgan fingerprint density at radius 1 is 1.29 bits per heavy atom. The van der Waals surface area contributed by atoms with Crippen LogP contribution >= 0.6 is 0 Å². The van der Waals surface area contributed by atoms with Crippen LogP contribution in [0.2, 0.25) is 0 Å². The van der Waals surface area contributed by atoms with Crippen molar-refractivity contribution in [1.82, 2.24) is 0 Å². The average Bonchev–Trinajstić information content (AvgIpc) is 2.34. The van der Waals surface area contributed by atoms with Crippen LogP contribution in [0.3, 0.4) is 0 Å². The second-order valence-electron chi connectivity index (χ2n) is 5.43. The van der Waals surface area contributed by atoms with E-state index in [1.165, 1.54) is 18.5 Å². The first-order valence-electron chi connectivity index (χ1n) is 6.40. The molecule has 1 aromatic rings. The lowest BCUT2D eigenvalue weighted by Gasteiger charge is -2.36. The van der Waals surface area contributed by atoms with Crippen molar-refractivity contribution in [3.63, 3.8) is 0 Å². The van der Waals surface area contributed by atoms with Gasteiger partial charge in [-0.2, -0.15) is 5.26 Å². The van der Waals surface area contributed by atoms with Gasteiger partial charge in [0.25, 0.3) is 0 Å². The molecule has 0 radical (unpaired) electrons. The molecule has 0 saturated heterocycles. The van der Waals surface area contributed by atoms with Gasteiger partial charge in [-0.25, -0.2) is 0 Å². The highest BCUT2D eigenvalue weighted by Gasteiger charge is 2.30. The number of nitrogens with one attached hydrogen (secondary N) is 1. The maximum absolute atomic E-state index is 8.82. The molecule has 90 valence electrons. The Labute approximate surface area is 104 Å². The molecule has 0 spiro atoms.